The van der Waals surface area contributed by atoms with Crippen LogP contribution < -0.4 is 4.31 Å². The number of sulfonamides is 1. The van der Waals surface area contributed by atoms with Crippen molar-refractivity contribution in [3.63, 3.8) is 0 Å². The molecule has 0 spiro atoms. The number of nitrogens with zero attached hydrogens (tertiary/aromatic N) is 1. The van der Waals surface area contributed by atoms with Gasteiger partial charge in [-0.25, -0.2) is 31.5 Å². The van der Waals surface area contributed by atoms with Crippen molar-refractivity contribution in [2.24, 2.45) is 0 Å². The Balaban J connectivity index is 2.42. The molecule has 1 unspecified atom stereocenters. The van der Waals surface area contributed by atoms with E-state index in [2.05, 4.69) is 4.74 Å². The maximum absolute atomic E-state index is 13.6. The number of carbonyl (C=O) groups excluding carboxylic acids is 2. The molecule has 0 radical (unpaired) electrons. The number of carboxylic acids is 1. The molecule has 1 aromatic carbocycles. The molecule has 182 valence electrons. The molecule has 0 aromatic heterocycles. The van der Waals surface area contributed by atoms with Crippen molar-refractivity contribution in [1.29, 1.82) is 0 Å². The summed E-state index contributed by atoms with van der Waals surface area (Å²) in [4.78, 5) is 35.1. The monoisotopic (exact) mass is 507 g/mol. The second kappa shape index (κ2) is 11.3. The third kappa shape index (κ3) is 6.57. The molecule has 0 aliphatic heterocycles. The summed E-state index contributed by atoms with van der Waals surface area (Å²) >= 11 is 6.06. The summed E-state index contributed by atoms with van der Waals surface area (Å²) in [5, 5.41) is 7.19. The highest BCUT2D eigenvalue weighted by atomic mass is 35.5. The van der Waals surface area contributed by atoms with E-state index in [9.17, 15) is 27.2 Å². The molecule has 0 amide bonds. The Hall–Kier alpha value is -2.86. The number of rotatable bonds is 9. The van der Waals surface area contributed by atoms with Gasteiger partial charge in [-0.3, -0.25) is 0 Å². The fourth-order valence-electron chi connectivity index (χ4n) is 3.04. The Morgan fingerprint density at radius 2 is 2.00 bits per heavy atom. The molecular weight excluding hydrogens is 485 g/mol. The minimum absolute atomic E-state index is 0.0349. The van der Waals surface area contributed by atoms with Gasteiger partial charge in [0.15, 0.2) is 12.8 Å². The molecule has 1 aliphatic carbocycles. The average Bonchev–Trinajstić information content (AvgIpc) is 2.75. The van der Waals surface area contributed by atoms with Gasteiger partial charge in [-0.1, -0.05) is 17.7 Å². The van der Waals surface area contributed by atoms with E-state index in [-0.39, 0.29) is 29.3 Å². The van der Waals surface area contributed by atoms with E-state index >= 15 is 0 Å². The van der Waals surface area contributed by atoms with E-state index in [4.69, 9.17) is 26.2 Å². The third-order valence-corrected chi connectivity index (χ3v) is 7.09. The maximum atomic E-state index is 13.6. The topological polar surface area (TPSA) is 137 Å². The lowest BCUT2D eigenvalue weighted by Gasteiger charge is -2.31. The summed E-state index contributed by atoms with van der Waals surface area (Å²) in [6, 6.07) is 2.89. The number of carboxylic acid groups (broad SMARTS) is 1. The summed E-state index contributed by atoms with van der Waals surface area (Å²) in [5.41, 5.74) is -0.292. The minimum atomic E-state index is -4.46. The molecule has 0 heterocycles. The van der Waals surface area contributed by atoms with E-state index in [1.165, 1.54) is 6.08 Å². The third-order valence-electron chi connectivity index (χ3n) is 4.66. The van der Waals surface area contributed by atoms with Crippen molar-refractivity contribution in [1.82, 2.24) is 0 Å². The number of ether oxygens (including phenoxy) is 3. The minimum Gasteiger partial charge on any atom is -0.479 e. The molecule has 13 heteroatoms. The van der Waals surface area contributed by atoms with Gasteiger partial charge in [0.1, 0.15) is 11.1 Å². The highest BCUT2D eigenvalue weighted by Crippen LogP contribution is 2.34. The zero-order chi connectivity index (χ0) is 24.8. The zero-order valence-electron chi connectivity index (χ0n) is 17.8. The maximum Gasteiger partial charge on any atom is 0.510 e. The van der Waals surface area contributed by atoms with Gasteiger partial charge in [0, 0.05) is 0 Å². The molecule has 1 aromatic rings. The van der Waals surface area contributed by atoms with Crippen LogP contribution in [0.5, 0.6) is 0 Å². The number of carbonyl (C=O) groups is 3. The van der Waals surface area contributed by atoms with Crippen LogP contribution in [0, 0.1) is 5.82 Å². The molecule has 2 atom stereocenters. The zero-order valence-corrected chi connectivity index (χ0v) is 19.4. The molecule has 1 aliphatic rings. The largest absolute Gasteiger partial charge is 0.510 e. The summed E-state index contributed by atoms with van der Waals surface area (Å²) in [7, 11) is -4.46. The van der Waals surface area contributed by atoms with Gasteiger partial charge in [0.2, 0.25) is 10.0 Å². The number of benzene rings is 1. The van der Waals surface area contributed by atoms with E-state index in [1.807, 2.05) is 0 Å². The van der Waals surface area contributed by atoms with Crippen molar-refractivity contribution in [3.8, 4) is 0 Å². The van der Waals surface area contributed by atoms with Crippen molar-refractivity contribution < 1.29 is 46.5 Å². The molecular formula is C20H23ClFNO9S. The Kier molecular flexibility index (Phi) is 9.06. The lowest BCUT2D eigenvalue weighted by Crippen LogP contribution is -2.44. The van der Waals surface area contributed by atoms with Crippen LogP contribution in [0.3, 0.4) is 0 Å². The summed E-state index contributed by atoms with van der Waals surface area (Å²) in [6.07, 6.45) is -0.535. The number of anilines is 1. The Morgan fingerprint density at radius 3 is 2.61 bits per heavy atom. The first-order chi connectivity index (χ1) is 15.5. The standard InChI is InChI=1S/C20H23ClFNO9S/c1-3-30-19(26)14-6-4-5-7-17(14)33(28,29)23(16-9-8-13(22)10-15(16)21)11-31-20(27)32-12(2)18(24)25/h6,8-10,12,17H,3-5,7,11H2,1-2H3,(H,24,25)/t12-,17?/m0/s1. The Labute approximate surface area is 194 Å². The number of hydrogen-bond donors (Lipinski definition) is 1. The smallest absolute Gasteiger partial charge is 0.479 e. The lowest BCUT2D eigenvalue weighted by molar-refractivity contribution is -0.147. The van der Waals surface area contributed by atoms with E-state index in [0.29, 0.717) is 17.1 Å². The molecule has 1 N–H and O–H groups in total. The summed E-state index contributed by atoms with van der Waals surface area (Å²) in [6.45, 7) is 1.72. The van der Waals surface area contributed by atoms with Crippen molar-refractivity contribution in [3.05, 3.63) is 40.7 Å². The molecule has 2 rings (SSSR count). The molecule has 33 heavy (non-hydrogen) atoms. The van der Waals surface area contributed by atoms with Crippen molar-refractivity contribution in [2.75, 3.05) is 17.6 Å². The van der Waals surface area contributed by atoms with Crippen LogP contribution in [-0.2, 0) is 33.8 Å². The molecule has 0 saturated carbocycles. The SMILES string of the molecule is CCOC(=O)C1=CCCCC1S(=O)(=O)N(COC(=O)O[C@@H](C)C(=O)O)c1ccc(F)cc1Cl. The molecule has 0 fully saturated rings. The fourth-order valence-corrected chi connectivity index (χ4v) is 5.28. The Bertz CT molecular complexity index is 1040. The molecule has 0 saturated heterocycles. The van der Waals surface area contributed by atoms with Gasteiger partial charge in [-0.05, 0) is 51.3 Å². The number of allylic oxidation sites excluding steroid dienone is 1. The van der Waals surface area contributed by atoms with Crippen LogP contribution in [0.15, 0.2) is 29.8 Å². The predicted octanol–water partition coefficient (Wildman–Crippen LogP) is 3.24. The normalized spacial score (nSPS) is 16.8. The van der Waals surface area contributed by atoms with Crippen LogP contribution in [0.25, 0.3) is 0 Å². The van der Waals surface area contributed by atoms with Gasteiger partial charge in [0.05, 0.1) is 22.9 Å². The van der Waals surface area contributed by atoms with Gasteiger partial charge in [-0.2, -0.15) is 0 Å². The predicted molar refractivity (Wildman–Crippen MR) is 115 cm³/mol. The first-order valence-electron chi connectivity index (χ1n) is 9.89. The highest BCUT2D eigenvalue weighted by Gasteiger charge is 2.40. The Morgan fingerprint density at radius 1 is 1.30 bits per heavy atom. The van der Waals surface area contributed by atoms with Crippen LogP contribution >= 0.6 is 11.6 Å². The summed E-state index contributed by atoms with van der Waals surface area (Å²) < 4.78 is 55.7. The summed E-state index contributed by atoms with van der Waals surface area (Å²) in [5.74, 6) is -2.97. The van der Waals surface area contributed by atoms with Gasteiger partial charge in [0.25, 0.3) is 0 Å². The van der Waals surface area contributed by atoms with E-state index in [1.54, 1.807) is 6.92 Å². The van der Waals surface area contributed by atoms with Crippen molar-refractivity contribution in [2.45, 2.75) is 44.5 Å². The van der Waals surface area contributed by atoms with Crippen LogP contribution in [0.4, 0.5) is 14.9 Å². The van der Waals surface area contributed by atoms with Crippen molar-refractivity contribution >= 4 is 45.4 Å². The highest BCUT2D eigenvalue weighted by molar-refractivity contribution is 7.93. The molecule has 10 nitrogen and oxygen atoms in total. The van der Waals surface area contributed by atoms with Gasteiger partial charge >= 0.3 is 18.1 Å². The number of aliphatic carboxylic acids is 1. The first kappa shape index (κ1) is 26.4. The number of halogens is 2. The lowest BCUT2D eigenvalue weighted by atomic mass is 9.99. The molecule has 0 bridgehead atoms. The second-order valence-electron chi connectivity index (χ2n) is 6.91. The number of esters is 1. The van der Waals surface area contributed by atoms with Crippen LogP contribution in [-0.4, -0.2) is 56.3 Å². The second-order valence-corrected chi connectivity index (χ2v) is 9.36. The van der Waals surface area contributed by atoms with Gasteiger partial charge in [-0.15, -0.1) is 0 Å². The fraction of sp³-hybridized carbons (Fsp3) is 0.450. The average molecular weight is 508 g/mol. The number of hydrogen-bond acceptors (Lipinski definition) is 8. The van der Waals surface area contributed by atoms with E-state index in [0.717, 1.165) is 25.1 Å². The van der Waals surface area contributed by atoms with E-state index < -0.39 is 52.0 Å². The van der Waals surface area contributed by atoms with Crippen LogP contribution in [0.2, 0.25) is 5.02 Å². The quantitative estimate of drug-likeness (QED) is 0.394. The first-order valence-corrected chi connectivity index (χ1v) is 11.8. The van der Waals surface area contributed by atoms with Gasteiger partial charge < -0.3 is 19.3 Å². The van der Waals surface area contributed by atoms with Crippen LogP contribution in [0.1, 0.15) is 33.1 Å².